The molecule has 0 unspecified atom stereocenters. The van der Waals surface area contributed by atoms with Gasteiger partial charge in [-0.15, -0.1) is 0 Å². The summed E-state index contributed by atoms with van der Waals surface area (Å²) in [7, 11) is 1.73. The molecule has 3 aliphatic rings. The van der Waals surface area contributed by atoms with Crippen LogP contribution in [-0.2, 0) is 14.3 Å². The number of benzene rings is 1. The van der Waals surface area contributed by atoms with E-state index in [0.29, 0.717) is 44.1 Å². The second-order valence-corrected chi connectivity index (χ2v) is 10.8. The predicted octanol–water partition coefficient (Wildman–Crippen LogP) is 3.84. The van der Waals surface area contributed by atoms with Gasteiger partial charge in [-0.05, 0) is 48.6 Å². The molecule has 0 saturated carbocycles. The van der Waals surface area contributed by atoms with Crippen molar-refractivity contribution in [2.24, 2.45) is 10.8 Å². The first-order valence-corrected chi connectivity index (χ1v) is 12.6. The molecule has 35 heavy (non-hydrogen) atoms. The maximum absolute atomic E-state index is 13.3. The van der Waals surface area contributed by atoms with Crippen LogP contribution in [0.15, 0.2) is 24.3 Å². The van der Waals surface area contributed by atoms with E-state index >= 15 is 0 Å². The Balaban J connectivity index is 1.80. The van der Waals surface area contributed by atoms with Gasteiger partial charge in [-0.3, -0.25) is 14.4 Å². The first-order valence-electron chi connectivity index (χ1n) is 12.6. The SMILES string of the molecule is COCC12CCCCN(C(=O)CC(C)(C)CC(=O)O)CCOc3ccccc3C(=O)N(CC1)CC2. The Kier molecular flexibility index (Phi) is 9.16. The third-order valence-electron chi connectivity index (χ3n) is 7.30. The van der Waals surface area contributed by atoms with Crippen LogP contribution in [0.5, 0.6) is 5.75 Å². The summed E-state index contributed by atoms with van der Waals surface area (Å²) in [6.45, 7) is 6.93. The van der Waals surface area contributed by atoms with Crippen molar-refractivity contribution >= 4 is 17.8 Å². The molecule has 0 aromatic heterocycles. The van der Waals surface area contributed by atoms with Crippen LogP contribution >= 0.6 is 0 Å². The van der Waals surface area contributed by atoms with Crippen LogP contribution in [0.4, 0.5) is 0 Å². The number of fused-ring (bicyclic) bond motifs is 9. The molecule has 3 heterocycles. The number of amides is 2. The molecule has 1 aromatic carbocycles. The Morgan fingerprint density at radius 2 is 1.77 bits per heavy atom. The summed E-state index contributed by atoms with van der Waals surface area (Å²) in [5.41, 5.74) is -0.0440. The number of aliphatic carboxylic acids is 1. The van der Waals surface area contributed by atoms with Gasteiger partial charge in [0.2, 0.25) is 5.91 Å². The monoisotopic (exact) mass is 488 g/mol. The molecule has 2 amide bonds. The lowest BCUT2D eigenvalue weighted by molar-refractivity contribution is -0.140. The molecule has 8 heteroatoms. The van der Waals surface area contributed by atoms with Crippen molar-refractivity contribution in [1.82, 2.24) is 9.80 Å². The number of nitrogens with zero attached hydrogens (tertiary/aromatic N) is 2. The van der Waals surface area contributed by atoms with Crippen molar-refractivity contribution in [2.75, 3.05) is 46.5 Å². The summed E-state index contributed by atoms with van der Waals surface area (Å²) >= 11 is 0. The number of para-hydroxylation sites is 1. The summed E-state index contributed by atoms with van der Waals surface area (Å²) in [6, 6.07) is 7.28. The molecule has 3 aliphatic heterocycles. The van der Waals surface area contributed by atoms with Crippen molar-refractivity contribution in [3.05, 3.63) is 29.8 Å². The molecule has 0 atom stereocenters. The number of rotatable bonds is 6. The van der Waals surface area contributed by atoms with Gasteiger partial charge < -0.3 is 24.4 Å². The molecule has 8 nitrogen and oxygen atoms in total. The maximum atomic E-state index is 13.3. The molecule has 1 fully saturated rings. The minimum Gasteiger partial charge on any atom is -0.491 e. The largest absolute Gasteiger partial charge is 0.491 e. The lowest BCUT2D eigenvalue weighted by Gasteiger charge is -2.41. The minimum absolute atomic E-state index is 0.0233. The molecule has 2 bridgehead atoms. The topological polar surface area (TPSA) is 96.4 Å². The highest BCUT2D eigenvalue weighted by atomic mass is 16.5. The van der Waals surface area contributed by atoms with Crippen LogP contribution in [0.1, 0.15) is 69.2 Å². The number of carboxylic acid groups (broad SMARTS) is 1. The quantitative estimate of drug-likeness (QED) is 0.654. The van der Waals surface area contributed by atoms with E-state index in [1.807, 2.05) is 30.9 Å². The van der Waals surface area contributed by atoms with Crippen LogP contribution in [-0.4, -0.2) is 79.2 Å². The minimum atomic E-state index is -0.904. The Bertz CT molecular complexity index is 891. The van der Waals surface area contributed by atoms with Crippen molar-refractivity contribution in [3.8, 4) is 5.75 Å². The zero-order chi connectivity index (χ0) is 25.5. The average Bonchev–Trinajstić information content (AvgIpc) is 2.80. The van der Waals surface area contributed by atoms with Gasteiger partial charge in [0.25, 0.3) is 5.91 Å². The van der Waals surface area contributed by atoms with E-state index in [4.69, 9.17) is 9.47 Å². The molecular weight excluding hydrogens is 448 g/mol. The van der Waals surface area contributed by atoms with Crippen molar-refractivity contribution < 1.29 is 29.0 Å². The van der Waals surface area contributed by atoms with Crippen LogP contribution < -0.4 is 4.74 Å². The fourth-order valence-electron chi connectivity index (χ4n) is 5.32. The Morgan fingerprint density at radius 3 is 2.46 bits per heavy atom. The number of hydrogen-bond donors (Lipinski definition) is 1. The number of ether oxygens (including phenoxy) is 2. The molecule has 4 rings (SSSR count). The van der Waals surface area contributed by atoms with Gasteiger partial charge in [0, 0.05) is 33.2 Å². The number of hydrogen-bond acceptors (Lipinski definition) is 5. The molecular formula is C27H40N2O6. The second-order valence-electron chi connectivity index (χ2n) is 10.8. The van der Waals surface area contributed by atoms with Gasteiger partial charge in [-0.2, -0.15) is 0 Å². The maximum Gasteiger partial charge on any atom is 0.303 e. The zero-order valence-corrected chi connectivity index (χ0v) is 21.4. The first-order chi connectivity index (χ1) is 16.6. The molecule has 1 N–H and O–H groups in total. The summed E-state index contributed by atoms with van der Waals surface area (Å²) in [5.74, 6) is -0.463. The zero-order valence-electron chi connectivity index (χ0n) is 21.4. The number of carbonyl (C=O) groups is 3. The summed E-state index contributed by atoms with van der Waals surface area (Å²) in [4.78, 5) is 41.4. The number of carboxylic acids is 1. The van der Waals surface area contributed by atoms with E-state index < -0.39 is 11.4 Å². The number of piperidine rings is 1. The summed E-state index contributed by atoms with van der Waals surface area (Å²) < 4.78 is 11.6. The van der Waals surface area contributed by atoms with Crippen molar-refractivity contribution in [1.29, 1.82) is 0 Å². The van der Waals surface area contributed by atoms with Gasteiger partial charge >= 0.3 is 5.97 Å². The van der Waals surface area contributed by atoms with Crippen LogP contribution in [0.3, 0.4) is 0 Å². The summed E-state index contributed by atoms with van der Waals surface area (Å²) in [6.07, 6.45) is 4.69. The van der Waals surface area contributed by atoms with Gasteiger partial charge in [0.05, 0.1) is 25.1 Å². The predicted molar refractivity (Wildman–Crippen MR) is 132 cm³/mol. The average molecular weight is 489 g/mol. The van der Waals surface area contributed by atoms with Crippen LogP contribution in [0, 0.1) is 10.8 Å². The highest BCUT2D eigenvalue weighted by Crippen LogP contribution is 2.38. The fourth-order valence-corrected chi connectivity index (χ4v) is 5.32. The smallest absolute Gasteiger partial charge is 0.303 e. The molecule has 0 spiro atoms. The molecule has 194 valence electrons. The van der Waals surface area contributed by atoms with E-state index in [-0.39, 0.29) is 36.7 Å². The lowest BCUT2D eigenvalue weighted by atomic mass is 9.75. The molecule has 0 radical (unpaired) electrons. The fraction of sp³-hybridized carbons (Fsp3) is 0.667. The van der Waals surface area contributed by atoms with Crippen molar-refractivity contribution in [2.45, 2.75) is 58.8 Å². The van der Waals surface area contributed by atoms with E-state index in [1.54, 1.807) is 24.1 Å². The Hall–Kier alpha value is -2.61. The molecule has 1 saturated heterocycles. The first kappa shape index (κ1) is 27.0. The van der Waals surface area contributed by atoms with Crippen LogP contribution in [0.2, 0.25) is 0 Å². The van der Waals surface area contributed by atoms with E-state index in [0.717, 1.165) is 32.1 Å². The van der Waals surface area contributed by atoms with Gasteiger partial charge in [0.1, 0.15) is 12.4 Å². The number of methoxy groups -OCH3 is 1. The third-order valence-corrected chi connectivity index (χ3v) is 7.30. The molecule has 1 aromatic rings. The normalized spacial score (nSPS) is 19.3. The van der Waals surface area contributed by atoms with Crippen LogP contribution in [0.25, 0.3) is 0 Å². The highest BCUT2D eigenvalue weighted by molar-refractivity contribution is 5.97. The molecule has 0 aliphatic carbocycles. The lowest BCUT2D eigenvalue weighted by Crippen LogP contribution is -2.45. The van der Waals surface area contributed by atoms with E-state index in [1.165, 1.54) is 0 Å². The standard InChI is InChI=1S/C27H40N2O6/c1-26(2,19-24(31)32)18-23(30)28-13-7-6-10-27(20-34-3)11-14-29(15-12-27)25(33)21-8-4-5-9-22(21)35-17-16-28/h4-5,8-9H,6-7,10-20H2,1-3H3,(H,31,32). The Morgan fingerprint density at radius 1 is 1.06 bits per heavy atom. The number of carbonyl (C=O) groups excluding carboxylic acids is 2. The van der Waals surface area contributed by atoms with E-state index in [9.17, 15) is 19.5 Å². The second kappa shape index (κ2) is 11.9. The Labute approximate surface area is 208 Å². The van der Waals surface area contributed by atoms with Gasteiger partial charge in [0.15, 0.2) is 0 Å². The summed E-state index contributed by atoms with van der Waals surface area (Å²) in [5, 5.41) is 9.20. The highest BCUT2D eigenvalue weighted by Gasteiger charge is 2.36. The van der Waals surface area contributed by atoms with E-state index in [2.05, 4.69) is 0 Å². The van der Waals surface area contributed by atoms with Gasteiger partial charge in [-0.25, -0.2) is 0 Å². The van der Waals surface area contributed by atoms with Gasteiger partial charge in [-0.1, -0.05) is 32.4 Å². The third kappa shape index (κ3) is 7.43. The van der Waals surface area contributed by atoms with Crippen molar-refractivity contribution in [3.63, 3.8) is 0 Å².